The molecule has 0 aromatic carbocycles. The highest BCUT2D eigenvalue weighted by molar-refractivity contribution is 7.13. The summed E-state index contributed by atoms with van der Waals surface area (Å²) in [6.07, 6.45) is 0.954. The van der Waals surface area contributed by atoms with E-state index in [1.807, 2.05) is 0 Å². The molecule has 4 nitrogen and oxygen atoms in total. The fraction of sp³-hybridized carbons (Fsp3) is 0.600. The minimum absolute atomic E-state index is 0.320. The van der Waals surface area contributed by atoms with E-state index in [-0.39, 0.29) is 5.97 Å². The first-order chi connectivity index (χ1) is 7.02. The van der Waals surface area contributed by atoms with E-state index in [1.165, 1.54) is 23.3 Å². The molecule has 0 fully saturated rings. The van der Waals surface area contributed by atoms with Crippen LogP contribution in [-0.2, 0) is 17.7 Å². The van der Waals surface area contributed by atoms with E-state index < -0.39 is 0 Å². The Labute approximate surface area is 93.1 Å². The third-order valence-electron chi connectivity index (χ3n) is 2.66. The monoisotopic (exact) mass is 227 g/mol. The van der Waals surface area contributed by atoms with Crippen molar-refractivity contribution < 1.29 is 14.0 Å². The number of hydrogen-bond acceptors (Lipinski definition) is 4. The van der Waals surface area contributed by atoms with Gasteiger partial charge in [0.25, 0.3) is 0 Å². The molecule has 15 heavy (non-hydrogen) atoms. The summed E-state index contributed by atoms with van der Waals surface area (Å²) in [6, 6.07) is 0. The molecule has 1 aromatic rings. The largest absolute Gasteiger partial charge is 0.464 e. The van der Waals surface area contributed by atoms with Gasteiger partial charge in [-0.05, 0) is 0 Å². The van der Waals surface area contributed by atoms with Crippen LogP contribution in [0, 0.1) is 0 Å². The van der Waals surface area contributed by atoms with E-state index in [0.29, 0.717) is 5.01 Å². The van der Waals surface area contributed by atoms with Crippen LogP contribution in [0.1, 0.15) is 20.4 Å². The summed E-state index contributed by atoms with van der Waals surface area (Å²) < 4.78 is 5.64. The van der Waals surface area contributed by atoms with Crippen LogP contribution in [0.2, 0.25) is 0 Å². The third kappa shape index (κ3) is 2.03. The molecule has 0 amide bonds. The number of fused-ring (bicyclic) bond motifs is 1. The molecule has 0 bridgehead atoms. The van der Waals surface area contributed by atoms with Crippen LogP contribution in [-0.4, -0.2) is 43.2 Å². The van der Waals surface area contributed by atoms with Crippen molar-refractivity contribution in [3.05, 3.63) is 15.6 Å². The van der Waals surface area contributed by atoms with Crippen molar-refractivity contribution in [2.45, 2.75) is 13.0 Å². The summed E-state index contributed by atoms with van der Waals surface area (Å²) in [5, 5.41) is 0.490. The van der Waals surface area contributed by atoms with E-state index in [1.54, 1.807) is 0 Å². The molecule has 0 saturated heterocycles. The zero-order valence-corrected chi connectivity index (χ0v) is 10.1. The fourth-order valence-electron chi connectivity index (χ4n) is 1.75. The van der Waals surface area contributed by atoms with Gasteiger partial charge in [0, 0.05) is 6.42 Å². The van der Waals surface area contributed by atoms with Gasteiger partial charge in [0.1, 0.15) is 6.54 Å². The molecule has 0 aliphatic carbocycles. The quantitative estimate of drug-likeness (QED) is 0.532. The molecule has 1 aliphatic rings. The summed E-state index contributed by atoms with van der Waals surface area (Å²) in [7, 11) is 5.78. The highest BCUT2D eigenvalue weighted by Gasteiger charge is 2.28. The number of aromatic nitrogens is 1. The summed E-state index contributed by atoms with van der Waals surface area (Å²) in [4.78, 5) is 16.9. The molecule has 2 rings (SSSR count). The van der Waals surface area contributed by atoms with Crippen LogP contribution < -0.4 is 0 Å². The number of likely N-dealkylation sites (N-methyl/N-ethyl adjacent to an activating group) is 1. The maximum atomic E-state index is 11.3. The van der Waals surface area contributed by atoms with Crippen LogP contribution in [0.4, 0.5) is 0 Å². The summed E-state index contributed by atoms with van der Waals surface area (Å²) in [5.74, 6) is -0.320. The molecule has 82 valence electrons. The minimum Gasteiger partial charge on any atom is -0.464 e. The van der Waals surface area contributed by atoms with Gasteiger partial charge < -0.3 is 9.22 Å². The van der Waals surface area contributed by atoms with Gasteiger partial charge in [0.15, 0.2) is 0 Å². The van der Waals surface area contributed by atoms with Gasteiger partial charge >= 0.3 is 5.97 Å². The highest BCUT2D eigenvalue weighted by atomic mass is 32.1. The number of hydrogen-bond donors (Lipinski definition) is 0. The Morgan fingerprint density at radius 3 is 2.93 bits per heavy atom. The Bertz CT molecular complexity index is 398. The second kappa shape index (κ2) is 3.57. The van der Waals surface area contributed by atoms with E-state index in [9.17, 15) is 4.79 Å². The first kappa shape index (κ1) is 10.6. The van der Waals surface area contributed by atoms with Crippen molar-refractivity contribution in [2.75, 3.05) is 27.7 Å². The zero-order chi connectivity index (χ0) is 11.1. The molecule has 2 heterocycles. The van der Waals surface area contributed by atoms with Gasteiger partial charge in [-0.1, -0.05) is 0 Å². The van der Waals surface area contributed by atoms with Crippen molar-refractivity contribution in [3.63, 3.8) is 0 Å². The number of carbonyl (C=O) groups is 1. The Morgan fingerprint density at radius 1 is 1.53 bits per heavy atom. The lowest BCUT2D eigenvalue weighted by atomic mass is 10.1. The minimum atomic E-state index is -0.320. The molecular weight excluding hydrogens is 212 g/mol. The lowest BCUT2D eigenvalue weighted by Crippen LogP contribution is -2.43. The van der Waals surface area contributed by atoms with Gasteiger partial charge in [-0.15, -0.1) is 11.3 Å². The van der Waals surface area contributed by atoms with Crippen molar-refractivity contribution in [1.29, 1.82) is 0 Å². The maximum Gasteiger partial charge on any atom is 0.367 e. The molecule has 5 heteroatoms. The van der Waals surface area contributed by atoms with Crippen LogP contribution >= 0.6 is 11.3 Å². The lowest BCUT2D eigenvalue weighted by Gasteiger charge is -2.32. The number of nitrogens with zero attached hydrogens (tertiary/aromatic N) is 2. The van der Waals surface area contributed by atoms with Gasteiger partial charge in [-0.25, -0.2) is 9.78 Å². The third-order valence-corrected chi connectivity index (χ3v) is 3.73. The topological polar surface area (TPSA) is 39.2 Å². The van der Waals surface area contributed by atoms with Crippen molar-refractivity contribution in [3.8, 4) is 0 Å². The number of quaternary nitrogens is 1. The number of rotatable bonds is 1. The Hall–Kier alpha value is -0.940. The molecule has 0 radical (unpaired) electrons. The predicted octanol–water partition coefficient (Wildman–Crippen LogP) is 1.06. The SMILES string of the molecule is COC(=O)c1nc2c(s1)C[N+](C)(C)CC2. The number of methoxy groups -OCH3 is 1. The molecular formula is C10H15N2O2S+. The van der Waals surface area contributed by atoms with Gasteiger partial charge in [-0.3, -0.25) is 0 Å². The van der Waals surface area contributed by atoms with E-state index in [0.717, 1.165) is 29.7 Å². The molecule has 1 aromatic heterocycles. The predicted molar refractivity (Wildman–Crippen MR) is 57.8 cm³/mol. The Morgan fingerprint density at radius 2 is 2.27 bits per heavy atom. The van der Waals surface area contributed by atoms with Crippen molar-refractivity contribution >= 4 is 17.3 Å². The molecule has 0 unspecified atom stereocenters. The maximum absolute atomic E-state index is 11.3. The Kier molecular flexibility index (Phi) is 2.52. The summed E-state index contributed by atoms with van der Waals surface area (Å²) >= 11 is 1.47. The number of thiazole rings is 1. The van der Waals surface area contributed by atoms with Gasteiger partial charge in [-0.2, -0.15) is 0 Å². The van der Waals surface area contributed by atoms with E-state index in [4.69, 9.17) is 0 Å². The van der Waals surface area contributed by atoms with Gasteiger partial charge in [0.05, 0.1) is 38.3 Å². The highest BCUT2D eigenvalue weighted by Crippen LogP contribution is 2.27. The molecule has 1 aliphatic heterocycles. The lowest BCUT2D eigenvalue weighted by molar-refractivity contribution is -0.905. The van der Waals surface area contributed by atoms with Crippen molar-refractivity contribution in [1.82, 2.24) is 4.98 Å². The first-order valence-electron chi connectivity index (χ1n) is 4.91. The van der Waals surface area contributed by atoms with Crippen LogP contribution in [0.15, 0.2) is 0 Å². The fourth-order valence-corrected chi connectivity index (χ4v) is 2.99. The zero-order valence-electron chi connectivity index (χ0n) is 9.24. The van der Waals surface area contributed by atoms with Crippen LogP contribution in [0.3, 0.4) is 0 Å². The first-order valence-corrected chi connectivity index (χ1v) is 5.72. The molecule has 0 atom stereocenters. The number of esters is 1. The smallest absolute Gasteiger partial charge is 0.367 e. The second-order valence-electron chi connectivity index (χ2n) is 4.45. The van der Waals surface area contributed by atoms with E-state index in [2.05, 4.69) is 23.8 Å². The summed E-state index contributed by atoms with van der Waals surface area (Å²) in [6.45, 7) is 2.04. The Balaban J connectivity index is 2.29. The van der Waals surface area contributed by atoms with Crippen molar-refractivity contribution in [2.24, 2.45) is 0 Å². The standard InChI is InChI=1S/C10H15N2O2S/c1-12(2)5-4-7-8(6-12)15-9(11-7)10(13)14-3/h4-6H2,1-3H3/q+1. The summed E-state index contributed by atoms with van der Waals surface area (Å²) in [5.41, 5.74) is 1.08. The normalized spacial score (nSPS) is 18.3. The molecule has 0 spiro atoms. The number of carbonyl (C=O) groups excluding carboxylic acids is 1. The number of ether oxygens (including phenoxy) is 1. The average molecular weight is 227 g/mol. The van der Waals surface area contributed by atoms with E-state index >= 15 is 0 Å². The second-order valence-corrected chi connectivity index (χ2v) is 5.53. The van der Waals surface area contributed by atoms with Gasteiger partial charge in [0.2, 0.25) is 5.01 Å². The molecule has 0 N–H and O–H groups in total. The molecule has 0 saturated carbocycles. The van der Waals surface area contributed by atoms with Crippen LogP contribution in [0.5, 0.6) is 0 Å². The van der Waals surface area contributed by atoms with Crippen LogP contribution in [0.25, 0.3) is 0 Å². The average Bonchev–Trinajstić information content (AvgIpc) is 2.57.